The molecule has 1 aromatic heterocycles. The van der Waals surface area contributed by atoms with E-state index in [0.717, 1.165) is 62.6 Å². The van der Waals surface area contributed by atoms with Gasteiger partial charge in [0.25, 0.3) is 0 Å². The van der Waals surface area contributed by atoms with E-state index in [0.29, 0.717) is 11.2 Å². The summed E-state index contributed by atoms with van der Waals surface area (Å²) in [7, 11) is 1.72. The number of unbranched alkanes of at least 4 members (excludes halogenated alkanes) is 1. The molecule has 1 aliphatic rings. The highest BCUT2D eigenvalue weighted by atomic mass is 35.5. The molecule has 1 fully saturated rings. The van der Waals surface area contributed by atoms with E-state index in [-0.39, 0.29) is 0 Å². The first-order valence-corrected chi connectivity index (χ1v) is 13.0. The average Bonchev–Trinajstić information content (AvgIpc) is 3.16. The van der Waals surface area contributed by atoms with E-state index < -0.39 is 0 Å². The Balaban J connectivity index is 1.98. The Bertz CT molecular complexity index is 1000. The van der Waals surface area contributed by atoms with Crippen LogP contribution in [0.1, 0.15) is 82.4 Å². The lowest BCUT2D eigenvalue weighted by molar-refractivity contribution is 0.137. The third-order valence-corrected chi connectivity index (χ3v) is 7.11. The SMILES string of the molecule is C=C/C=C\C(C)=C(/CC)c1nc(Cl)c(CN2CCCCC2c2ccc(OC)cc2)n1CCCC. The standard InChI is InChI=1S/C29H40ClN3O/c1-6-9-13-22(4)25(8-3)29-31-28(30)27(33(29)20-10-7-2)21-32-19-12-11-14-26(32)23-15-17-24(34-5)18-16-23/h6,9,13,15-18,26H,1,7-8,10-12,14,19-21H2,2-5H3/b13-9-,25-22+. The van der Waals surface area contributed by atoms with Crippen molar-refractivity contribution < 1.29 is 4.74 Å². The van der Waals surface area contributed by atoms with Gasteiger partial charge in [0, 0.05) is 19.1 Å². The van der Waals surface area contributed by atoms with Crippen molar-refractivity contribution in [2.24, 2.45) is 0 Å². The summed E-state index contributed by atoms with van der Waals surface area (Å²) < 4.78 is 7.75. The molecule has 184 valence electrons. The number of hydrogen-bond acceptors (Lipinski definition) is 3. The van der Waals surface area contributed by atoms with Crippen molar-refractivity contribution in [3.8, 4) is 5.75 Å². The Hall–Kier alpha value is -2.30. The molecule has 0 radical (unpaired) electrons. The van der Waals surface area contributed by atoms with Gasteiger partial charge in [-0.15, -0.1) is 0 Å². The van der Waals surface area contributed by atoms with Gasteiger partial charge in [-0.05, 0) is 68.0 Å². The highest BCUT2D eigenvalue weighted by Gasteiger charge is 2.27. The van der Waals surface area contributed by atoms with Crippen LogP contribution in [0.2, 0.25) is 5.15 Å². The maximum absolute atomic E-state index is 6.86. The number of aromatic nitrogens is 2. The predicted octanol–water partition coefficient (Wildman–Crippen LogP) is 8.00. The van der Waals surface area contributed by atoms with Gasteiger partial charge >= 0.3 is 0 Å². The molecule has 1 aromatic carbocycles. The molecule has 5 heteroatoms. The third kappa shape index (κ3) is 6.22. The Morgan fingerprint density at radius 1 is 1.24 bits per heavy atom. The van der Waals surface area contributed by atoms with Gasteiger partial charge in [-0.25, -0.2) is 4.98 Å². The first-order chi connectivity index (χ1) is 16.5. The summed E-state index contributed by atoms with van der Waals surface area (Å²) in [5.74, 6) is 1.91. The van der Waals surface area contributed by atoms with Crippen molar-refractivity contribution in [2.45, 2.75) is 78.4 Å². The number of methoxy groups -OCH3 is 1. The average molecular weight is 482 g/mol. The molecule has 1 unspecified atom stereocenters. The highest BCUT2D eigenvalue weighted by Crippen LogP contribution is 2.35. The summed E-state index contributed by atoms with van der Waals surface area (Å²) in [6.07, 6.45) is 12.7. The van der Waals surface area contributed by atoms with Crippen LogP contribution < -0.4 is 4.74 Å². The molecule has 0 saturated carbocycles. The lowest BCUT2D eigenvalue weighted by Crippen LogP contribution is -2.33. The van der Waals surface area contributed by atoms with E-state index >= 15 is 0 Å². The van der Waals surface area contributed by atoms with Crippen LogP contribution in [0, 0.1) is 0 Å². The molecule has 0 aliphatic carbocycles. The molecular formula is C29H40ClN3O. The Morgan fingerprint density at radius 3 is 2.65 bits per heavy atom. The van der Waals surface area contributed by atoms with E-state index in [2.05, 4.69) is 67.2 Å². The van der Waals surface area contributed by atoms with Gasteiger partial charge in [0.1, 0.15) is 11.6 Å². The van der Waals surface area contributed by atoms with Crippen molar-refractivity contribution >= 4 is 17.2 Å². The van der Waals surface area contributed by atoms with Crippen LogP contribution in [-0.4, -0.2) is 28.1 Å². The highest BCUT2D eigenvalue weighted by molar-refractivity contribution is 6.30. The maximum Gasteiger partial charge on any atom is 0.152 e. The molecule has 2 heterocycles. The van der Waals surface area contributed by atoms with E-state index in [1.54, 1.807) is 7.11 Å². The normalized spacial score (nSPS) is 17.7. The van der Waals surface area contributed by atoms with E-state index in [9.17, 15) is 0 Å². The first kappa shape index (κ1) is 26.3. The summed E-state index contributed by atoms with van der Waals surface area (Å²) in [6, 6.07) is 8.92. The molecule has 0 spiro atoms. The minimum Gasteiger partial charge on any atom is -0.497 e. The summed E-state index contributed by atoms with van der Waals surface area (Å²) in [6.45, 7) is 13.2. The van der Waals surface area contributed by atoms with E-state index in [1.165, 1.54) is 29.6 Å². The van der Waals surface area contributed by atoms with Crippen molar-refractivity contribution in [3.05, 3.63) is 76.9 Å². The summed E-state index contributed by atoms with van der Waals surface area (Å²) in [5, 5.41) is 0.636. The molecule has 0 bridgehead atoms. The Kier molecular flexibility index (Phi) is 10.0. The van der Waals surface area contributed by atoms with Crippen molar-refractivity contribution in [1.82, 2.24) is 14.5 Å². The Labute approximate surface area is 211 Å². The zero-order valence-corrected chi connectivity index (χ0v) is 22.1. The van der Waals surface area contributed by atoms with Gasteiger partial charge < -0.3 is 9.30 Å². The second-order valence-corrected chi connectivity index (χ2v) is 9.40. The number of piperidine rings is 1. The predicted molar refractivity (Wildman–Crippen MR) is 144 cm³/mol. The molecule has 1 saturated heterocycles. The fraction of sp³-hybridized carbons (Fsp3) is 0.483. The molecule has 1 aliphatic heterocycles. The number of rotatable bonds is 11. The summed E-state index contributed by atoms with van der Waals surface area (Å²) in [5.41, 5.74) is 4.93. The third-order valence-electron chi connectivity index (χ3n) is 6.81. The molecule has 3 rings (SSSR count). The number of allylic oxidation sites excluding steroid dienone is 5. The summed E-state index contributed by atoms with van der Waals surface area (Å²) in [4.78, 5) is 7.50. The number of hydrogen-bond donors (Lipinski definition) is 0. The monoisotopic (exact) mass is 481 g/mol. The minimum atomic E-state index is 0.382. The number of nitrogens with zero attached hydrogens (tertiary/aromatic N) is 3. The molecule has 0 amide bonds. The quantitative estimate of drug-likeness (QED) is 0.304. The van der Waals surface area contributed by atoms with Crippen molar-refractivity contribution in [1.29, 1.82) is 0 Å². The topological polar surface area (TPSA) is 30.3 Å². The van der Waals surface area contributed by atoms with Gasteiger partial charge in [-0.2, -0.15) is 0 Å². The van der Waals surface area contributed by atoms with Crippen molar-refractivity contribution in [2.75, 3.05) is 13.7 Å². The Morgan fingerprint density at radius 2 is 2.00 bits per heavy atom. The molecule has 4 nitrogen and oxygen atoms in total. The van der Waals surface area contributed by atoms with Crippen LogP contribution in [0.4, 0.5) is 0 Å². The minimum absolute atomic E-state index is 0.382. The lowest BCUT2D eigenvalue weighted by atomic mass is 9.95. The van der Waals surface area contributed by atoms with Crippen LogP contribution in [-0.2, 0) is 13.1 Å². The second kappa shape index (κ2) is 13.0. The van der Waals surface area contributed by atoms with Crippen molar-refractivity contribution in [3.63, 3.8) is 0 Å². The molecule has 0 N–H and O–H groups in total. The molecule has 2 aromatic rings. The van der Waals surface area contributed by atoms with Gasteiger partial charge in [-0.3, -0.25) is 4.90 Å². The van der Waals surface area contributed by atoms with Gasteiger partial charge in [0.2, 0.25) is 0 Å². The maximum atomic E-state index is 6.86. The number of halogens is 1. The fourth-order valence-electron chi connectivity index (χ4n) is 4.90. The first-order valence-electron chi connectivity index (χ1n) is 12.7. The van der Waals surface area contributed by atoms with Gasteiger partial charge in [-0.1, -0.05) is 75.2 Å². The number of imidazole rings is 1. The summed E-state index contributed by atoms with van der Waals surface area (Å²) >= 11 is 6.86. The molecule has 1 atom stereocenters. The second-order valence-electron chi connectivity index (χ2n) is 9.04. The van der Waals surface area contributed by atoms with Crippen LogP contribution in [0.5, 0.6) is 5.75 Å². The van der Waals surface area contributed by atoms with Gasteiger partial charge in [0.15, 0.2) is 5.15 Å². The lowest BCUT2D eigenvalue weighted by Gasteiger charge is -2.36. The van der Waals surface area contributed by atoms with E-state index in [1.807, 2.05) is 12.2 Å². The smallest absolute Gasteiger partial charge is 0.152 e. The largest absolute Gasteiger partial charge is 0.497 e. The van der Waals surface area contributed by atoms with Crippen LogP contribution in [0.25, 0.3) is 5.57 Å². The number of ether oxygens (including phenoxy) is 1. The number of likely N-dealkylation sites (tertiary alicyclic amines) is 1. The zero-order chi connectivity index (χ0) is 24.5. The number of benzene rings is 1. The van der Waals surface area contributed by atoms with Gasteiger partial charge in [0.05, 0.1) is 12.8 Å². The van der Waals surface area contributed by atoms with E-state index in [4.69, 9.17) is 21.3 Å². The van der Waals surface area contributed by atoms with Crippen LogP contribution in [0.3, 0.4) is 0 Å². The fourth-order valence-corrected chi connectivity index (χ4v) is 5.14. The van der Waals surface area contributed by atoms with Crippen LogP contribution >= 0.6 is 11.6 Å². The molecule has 34 heavy (non-hydrogen) atoms. The van der Waals surface area contributed by atoms with Crippen LogP contribution in [0.15, 0.2) is 54.6 Å². The zero-order valence-electron chi connectivity index (χ0n) is 21.3. The molecular weight excluding hydrogens is 442 g/mol.